The third kappa shape index (κ3) is 2.94. The van der Waals surface area contributed by atoms with Crippen molar-refractivity contribution in [2.24, 2.45) is 5.73 Å². The van der Waals surface area contributed by atoms with E-state index >= 15 is 0 Å². The zero-order valence-corrected chi connectivity index (χ0v) is 18.5. The first-order valence-electron chi connectivity index (χ1n) is 11.3. The first kappa shape index (κ1) is 20.5. The maximum Gasteiger partial charge on any atom is 0.241 e. The van der Waals surface area contributed by atoms with Crippen molar-refractivity contribution >= 4 is 28.3 Å². The molecule has 1 spiro atoms. The number of hydrogen-bond acceptors (Lipinski definition) is 5. The number of para-hydroxylation sites is 1. The van der Waals surface area contributed by atoms with Crippen LogP contribution >= 0.6 is 0 Å². The van der Waals surface area contributed by atoms with Crippen molar-refractivity contribution in [1.29, 1.82) is 0 Å². The number of rotatable bonds is 4. The van der Waals surface area contributed by atoms with Crippen LogP contribution in [0.2, 0.25) is 0 Å². The Morgan fingerprint density at radius 1 is 1.00 bits per heavy atom. The molecular weight excluding hydrogens is 426 g/mol. The number of carbonyl (C=O) groups excluding carboxylic acids is 2. The van der Waals surface area contributed by atoms with Gasteiger partial charge in [-0.1, -0.05) is 48.5 Å². The van der Waals surface area contributed by atoms with Crippen LogP contribution in [-0.2, 0) is 21.5 Å². The zero-order chi connectivity index (χ0) is 23.3. The molecule has 2 N–H and O–H groups in total. The largest absolute Gasteiger partial charge is 0.339 e. The molecular formula is C27H23N5O2. The average Bonchev–Trinajstić information content (AvgIpc) is 3.11. The molecule has 2 amide bonds. The number of nitrogens with zero attached hydrogens (tertiary/aromatic N) is 4. The molecule has 6 rings (SSSR count). The number of pyridine rings is 2. The summed E-state index contributed by atoms with van der Waals surface area (Å²) in [5.41, 5.74) is 9.41. The van der Waals surface area contributed by atoms with Gasteiger partial charge < -0.3 is 15.5 Å². The van der Waals surface area contributed by atoms with Gasteiger partial charge in [-0.15, -0.1) is 0 Å². The van der Waals surface area contributed by atoms with Crippen LogP contribution in [0.5, 0.6) is 0 Å². The maximum absolute atomic E-state index is 13.9. The van der Waals surface area contributed by atoms with Crippen LogP contribution in [-0.4, -0.2) is 46.3 Å². The highest BCUT2D eigenvalue weighted by Gasteiger charge is 2.58. The molecule has 0 unspecified atom stereocenters. The Labute approximate surface area is 196 Å². The lowest BCUT2D eigenvalue weighted by Gasteiger charge is -2.46. The maximum atomic E-state index is 13.9. The third-order valence-electron chi connectivity index (χ3n) is 6.95. The number of hydrogen-bond donors (Lipinski definition) is 1. The van der Waals surface area contributed by atoms with Crippen LogP contribution in [0, 0.1) is 0 Å². The summed E-state index contributed by atoms with van der Waals surface area (Å²) in [5, 5.41) is 2.10. The molecule has 2 aromatic heterocycles. The summed E-state index contributed by atoms with van der Waals surface area (Å²) < 4.78 is 0. The second-order valence-electron chi connectivity index (χ2n) is 8.85. The van der Waals surface area contributed by atoms with Gasteiger partial charge in [-0.3, -0.25) is 19.6 Å². The molecule has 2 aliphatic rings. The standard InChI is InChI=1S/C27H23N5O2/c28-12-24(33)31-16-27(17-31)21-9-3-4-10-23(21)32(26(27)34)15-22-25(19-7-5-11-29-13-19)20-8-2-1-6-18(20)14-30-22/h1-11,13-14H,12,15-17,28H2. The molecule has 0 atom stereocenters. The quantitative estimate of drug-likeness (QED) is 0.517. The van der Waals surface area contributed by atoms with Gasteiger partial charge in [0.2, 0.25) is 11.8 Å². The molecule has 7 heteroatoms. The Morgan fingerprint density at radius 2 is 1.79 bits per heavy atom. The summed E-state index contributed by atoms with van der Waals surface area (Å²) in [6.45, 7) is 0.995. The van der Waals surface area contributed by atoms with E-state index in [4.69, 9.17) is 10.7 Å². The van der Waals surface area contributed by atoms with Crippen LogP contribution in [0.4, 0.5) is 5.69 Å². The minimum absolute atomic E-state index is 0.00173. The zero-order valence-electron chi connectivity index (χ0n) is 18.5. The lowest BCUT2D eigenvalue weighted by molar-refractivity contribution is -0.143. The molecule has 4 aromatic rings. The fourth-order valence-electron chi connectivity index (χ4n) is 5.28. The summed E-state index contributed by atoms with van der Waals surface area (Å²) >= 11 is 0. The molecule has 2 aromatic carbocycles. The van der Waals surface area contributed by atoms with Crippen molar-refractivity contribution in [2.45, 2.75) is 12.0 Å². The predicted molar refractivity (Wildman–Crippen MR) is 130 cm³/mol. The molecule has 0 aliphatic carbocycles. The molecule has 2 aliphatic heterocycles. The summed E-state index contributed by atoms with van der Waals surface area (Å²) in [4.78, 5) is 38.6. The van der Waals surface area contributed by atoms with Crippen molar-refractivity contribution < 1.29 is 9.59 Å². The fraction of sp³-hybridized carbons (Fsp3) is 0.185. The molecule has 1 fully saturated rings. The molecule has 0 radical (unpaired) electrons. The van der Waals surface area contributed by atoms with E-state index in [2.05, 4.69) is 11.1 Å². The number of anilines is 1. The highest BCUT2D eigenvalue weighted by molar-refractivity contribution is 6.10. The summed E-state index contributed by atoms with van der Waals surface area (Å²) in [6, 6.07) is 19.9. The normalized spacial score (nSPS) is 16.1. The SMILES string of the molecule is NCC(=O)N1CC2(C1)C(=O)N(Cc1ncc3ccccc3c1-c1cccnc1)c1ccccc12. The molecule has 168 valence electrons. The Balaban J connectivity index is 1.44. The van der Waals surface area contributed by atoms with Crippen LogP contribution in [0.1, 0.15) is 11.3 Å². The van der Waals surface area contributed by atoms with Crippen LogP contribution in [0.15, 0.2) is 79.3 Å². The highest BCUT2D eigenvalue weighted by atomic mass is 16.2. The minimum Gasteiger partial charge on any atom is -0.339 e. The van der Waals surface area contributed by atoms with Crippen molar-refractivity contribution in [3.8, 4) is 11.1 Å². The molecule has 1 saturated heterocycles. The number of carbonyl (C=O) groups is 2. The van der Waals surface area contributed by atoms with Gasteiger partial charge in [0.1, 0.15) is 5.41 Å². The molecule has 34 heavy (non-hydrogen) atoms. The van der Waals surface area contributed by atoms with Gasteiger partial charge in [0.25, 0.3) is 0 Å². The first-order valence-corrected chi connectivity index (χ1v) is 11.3. The number of aromatic nitrogens is 2. The van der Waals surface area contributed by atoms with Gasteiger partial charge in [0.05, 0.1) is 18.8 Å². The van der Waals surface area contributed by atoms with Crippen LogP contribution < -0.4 is 10.6 Å². The van der Waals surface area contributed by atoms with Gasteiger partial charge in [-0.25, -0.2) is 0 Å². The van der Waals surface area contributed by atoms with Crippen LogP contribution in [0.25, 0.3) is 21.9 Å². The van der Waals surface area contributed by atoms with E-state index in [-0.39, 0.29) is 18.4 Å². The van der Waals surface area contributed by atoms with E-state index in [0.29, 0.717) is 19.6 Å². The second-order valence-corrected chi connectivity index (χ2v) is 8.85. The Bertz CT molecular complexity index is 1430. The number of likely N-dealkylation sites (tertiary alicyclic amines) is 1. The Kier molecular flexibility index (Phi) is 4.67. The topological polar surface area (TPSA) is 92.4 Å². The number of benzene rings is 2. The van der Waals surface area contributed by atoms with Gasteiger partial charge in [-0.05, 0) is 23.1 Å². The smallest absolute Gasteiger partial charge is 0.241 e. The van der Waals surface area contributed by atoms with E-state index in [1.165, 1.54) is 0 Å². The number of amides is 2. The molecule has 4 heterocycles. The van der Waals surface area contributed by atoms with Gasteiger partial charge in [0.15, 0.2) is 0 Å². The third-order valence-corrected chi connectivity index (χ3v) is 6.95. The number of nitrogens with two attached hydrogens (primary N) is 1. The Morgan fingerprint density at radius 3 is 2.59 bits per heavy atom. The fourth-order valence-corrected chi connectivity index (χ4v) is 5.28. The molecule has 7 nitrogen and oxygen atoms in total. The lowest BCUT2D eigenvalue weighted by atomic mass is 9.74. The second kappa shape index (κ2) is 7.74. The average molecular weight is 450 g/mol. The summed E-state index contributed by atoms with van der Waals surface area (Å²) in [5.74, 6) is -0.133. The van der Waals surface area contributed by atoms with Gasteiger partial charge in [0, 0.05) is 53.9 Å². The van der Waals surface area contributed by atoms with Crippen molar-refractivity contribution in [1.82, 2.24) is 14.9 Å². The van der Waals surface area contributed by atoms with Crippen molar-refractivity contribution in [3.05, 3.63) is 90.5 Å². The van der Waals surface area contributed by atoms with Crippen molar-refractivity contribution in [2.75, 3.05) is 24.5 Å². The number of fused-ring (bicyclic) bond motifs is 3. The monoisotopic (exact) mass is 449 g/mol. The minimum atomic E-state index is -0.716. The first-order chi connectivity index (χ1) is 16.6. The van der Waals surface area contributed by atoms with E-state index in [1.54, 1.807) is 11.1 Å². The predicted octanol–water partition coefficient (Wildman–Crippen LogP) is 2.88. The van der Waals surface area contributed by atoms with Gasteiger partial charge >= 0.3 is 0 Å². The Hall–Kier alpha value is -4.10. The van der Waals surface area contributed by atoms with E-state index in [9.17, 15) is 9.59 Å². The van der Waals surface area contributed by atoms with E-state index in [1.807, 2.05) is 71.9 Å². The highest BCUT2D eigenvalue weighted by Crippen LogP contribution is 2.48. The summed E-state index contributed by atoms with van der Waals surface area (Å²) in [6.07, 6.45) is 5.44. The van der Waals surface area contributed by atoms with Crippen LogP contribution in [0.3, 0.4) is 0 Å². The van der Waals surface area contributed by atoms with Crippen molar-refractivity contribution in [3.63, 3.8) is 0 Å². The van der Waals surface area contributed by atoms with Gasteiger partial charge in [-0.2, -0.15) is 0 Å². The summed E-state index contributed by atoms with van der Waals surface area (Å²) in [7, 11) is 0. The molecule has 0 bridgehead atoms. The van der Waals surface area contributed by atoms with E-state index < -0.39 is 5.41 Å². The van der Waals surface area contributed by atoms with E-state index in [0.717, 1.165) is 38.8 Å². The molecule has 0 saturated carbocycles. The lowest BCUT2D eigenvalue weighted by Crippen LogP contribution is -2.66.